The summed E-state index contributed by atoms with van der Waals surface area (Å²) in [5.74, 6) is 2.30. The molecule has 0 aliphatic heterocycles. The minimum absolute atomic E-state index is 0.0523. The number of hydrogen-bond acceptors (Lipinski definition) is 4. The Hall–Kier alpha value is -2.40. The normalized spacial score (nSPS) is 12.5. The Morgan fingerprint density at radius 2 is 2.05 bits per heavy atom. The second kappa shape index (κ2) is 6.58. The average molecular weight is 297 g/mol. The Bertz CT molecular complexity index is 718. The Balaban J connectivity index is 1.78. The van der Waals surface area contributed by atoms with Crippen LogP contribution >= 0.6 is 0 Å². The van der Waals surface area contributed by atoms with Crippen molar-refractivity contribution in [3.05, 3.63) is 60.6 Å². The maximum absolute atomic E-state index is 5.84. The molecule has 0 saturated carbocycles. The lowest BCUT2D eigenvalue weighted by Crippen LogP contribution is -2.10. The average Bonchev–Trinajstić information content (AvgIpc) is 3.18. The first-order valence-corrected chi connectivity index (χ1v) is 7.40. The van der Waals surface area contributed by atoms with Gasteiger partial charge < -0.3 is 13.7 Å². The zero-order valence-electron chi connectivity index (χ0n) is 12.8. The van der Waals surface area contributed by atoms with Gasteiger partial charge in [0, 0.05) is 24.6 Å². The van der Waals surface area contributed by atoms with Gasteiger partial charge >= 0.3 is 0 Å². The number of benzene rings is 1. The molecule has 0 radical (unpaired) electrons. The van der Waals surface area contributed by atoms with Crippen LogP contribution in [0.5, 0.6) is 0 Å². The van der Waals surface area contributed by atoms with Gasteiger partial charge in [-0.15, -0.1) is 0 Å². The minimum Gasteiger partial charge on any atom is -0.439 e. The smallest absolute Gasteiger partial charge is 0.214 e. The Morgan fingerprint density at radius 1 is 1.23 bits per heavy atom. The molecule has 5 heteroatoms. The molecular weight excluding hydrogens is 278 g/mol. The first-order chi connectivity index (χ1) is 10.8. The summed E-state index contributed by atoms with van der Waals surface area (Å²) in [6.45, 7) is 5.17. The number of rotatable bonds is 6. The topological polar surface area (TPSA) is 53.1 Å². The molecule has 3 rings (SSSR count). The van der Waals surface area contributed by atoms with Crippen LogP contribution in [-0.2, 0) is 11.3 Å². The Morgan fingerprint density at radius 3 is 2.82 bits per heavy atom. The van der Waals surface area contributed by atoms with E-state index in [1.165, 1.54) is 0 Å². The van der Waals surface area contributed by atoms with Crippen molar-refractivity contribution in [1.82, 2.24) is 14.5 Å². The van der Waals surface area contributed by atoms with E-state index in [2.05, 4.69) is 9.97 Å². The third-order valence-electron chi connectivity index (χ3n) is 3.45. The molecule has 0 amide bonds. The third kappa shape index (κ3) is 3.09. The summed E-state index contributed by atoms with van der Waals surface area (Å²) in [6, 6.07) is 9.95. The van der Waals surface area contributed by atoms with Gasteiger partial charge in [0.15, 0.2) is 5.76 Å². The SMILES string of the molecule is CCO[C@@H](C)c1nccn1Cc1ncc(-c2ccccc2)o1. The second-order valence-corrected chi connectivity index (χ2v) is 5.00. The molecule has 0 spiro atoms. The van der Waals surface area contributed by atoms with E-state index in [0.29, 0.717) is 19.0 Å². The van der Waals surface area contributed by atoms with Crippen LogP contribution in [0.2, 0.25) is 0 Å². The van der Waals surface area contributed by atoms with Crippen molar-refractivity contribution in [2.75, 3.05) is 6.61 Å². The van der Waals surface area contributed by atoms with Crippen molar-refractivity contribution < 1.29 is 9.15 Å². The monoisotopic (exact) mass is 297 g/mol. The van der Waals surface area contributed by atoms with Gasteiger partial charge in [-0.3, -0.25) is 0 Å². The molecule has 0 fully saturated rings. The fourth-order valence-corrected chi connectivity index (χ4v) is 2.40. The number of nitrogens with zero attached hydrogens (tertiary/aromatic N) is 3. The van der Waals surface area contributed by atoms with Crippen molar-refractivity contribution in [1.29, 1.82) is 0 Å². The van der Waals surface area contributed by atoms with E-state index in [1.807, 2.05) is 54.9 Å². The standard InChI is InChI=1S/C17H19N3O2/c1-3-21-13(2)17-18-9-10-20(17)12-16-19-11-15(22-16)14-7-5-4-6-8-14/h4-11,13H,3,12H2,1-2H3/t13-/m0/s1. The highest BCUT2D eigenvalue weighted by Gasteiger charge is 2.14. The van der Waals surface area contributed by atoms with Crippen LogP contribution in [0, 0.1) is 0 Å². The molecule has 0 aliphatic rings. The third-order valence-corrected chi connectivity index (χ3v) is 3.45. The van der Waals surface area contributed by atoms with E-state index < -0.39 is 0 Å². The Kier molecular flexibility index (Phi) is 4.34. The van der Waals surface area contributed by atoms with Crippen molar-refractivity contribution in [3.8, 4) is 11.3 Å². The molecule has 1 aromatic carbocycles. The molecule has 0 unspecified atom stereocenters. The van der Waals surface area contributed by atoms with Crippen molar-refractivity contribution >= 4 is 0 Å². The molecule has 0 saturated heterocycles. The van der Waals surface area contributed by atoms with E-state index in [1.54, 1.807) is 12.4 Å². The Labute approximate surface area is 129 Å². The van der Waals surface area contributed by atoms with Crippen LogP contribution in [0.3, 0.4) is 0 Å². The number of imidazole rings is 1. The van der Waals surface area contributed by atoms with Crippen molar-refractivity contribution in [3.63, 3.8) is 0 Å². The van der Waals surface area contributed by atoms with Gasteiger partial charge in [-0.1, -0.05) is 30.3 Å². The lowest BCUT2D eigenvalue weighted by Gasteiger charge is -2.12. The molecule has 3 aromatic rings. The molecule has 2 aromatic heterocycles. The summed E-state index contributed by atoms with van der Waals surface area (Å²) in [6.07, 6.45) is 5.39. The summed E-state index contributed by atoms with van der Waals surface area (Å²) < 4.78 is 13.4. The van der Waals surface area contributed by atoms with Crippen LogP contribution in [0.4, 0.5) is 0 Å². The molecule has 114 valence electrons. The van der Waals surface area contributed by atoms with E-state index in [9.17, 15) is 0 Å². The van der Waals surface area contributed by atoms with Gasteiger partial charge in [-0.2, -0.15) is 0 Å². The first kappa shape index (κ1) is 14.5. The molecular formula is C17H19N3O2. The summed E-state index contributed by atoms with van der Waals surface area (Å²) in [4.78, 5) is 8.72. The van der Waals surface area contributed by atoms with E-state index in [4.69, 9.17) is 9.15 Å². The van der Waals surface area contributed by atoms with Crippen LogP contribution in [-0.4, -0.2) is 21.1 Å². The van der Waals surface area contributed by atoms with Gasteiger partial charge in [0.05, 0.1) is 6.20 Å². The zero-order valence-corrected chi connectivity index (χ0v) is 12.8. The zero-order chi connectivity index (χ0) is 15.4. The predicted octanol–water partition coefficient (Wildman–Crippen LogP) is 3.68. The second-order valence-electron chi connectivity index (χ2n) is 5.00. The fourth-order valence-electron chi connectivity index (χ4n) is 2.40. The quantitative estimate of drug-likeness (QED) is 0.696. The fraction of sp³-hybridized carbons (Fsp3) is 0.294. The van der Waals surface area contributed by atoms with Gasteiger partial charge in [-0.05, 0) is 13.8 Å². The lowest BCUT2D eigenvalue weighted by atomic mass is 10.2. The summed E-state index contributed by atoms with van der Waals surface area (Å²) >= 11 is 0. The van der Waals surface area contributed by atoms with Crippen molar-refractivity contribution in [2.45, 2.75) is 26.5 Å². The van der Waals surface area contributed by atoms with Crippen LogP contribution < -0.4 is 0 Å². The van der Waals surface area contributed by atoms with Gasteiger partial charge in [-0.25, -0.2) is 9.97 Å². The summed E-state index contributed by atoms with van der Waals surface area (Å²) in [5, 5.41) is 0. The highest BCUT2D eigenvalue weighted by atomic mass is 16.5. The molecule has 0 aliphatic carbocycles. The molecule has 2 heterocycles. The molecule has 22 heavy (non-hydrogen) atoms. The van der Waals surface area contributed by atoms with Gasteiger partial charge in [0.25, 0.3) is 0 Å². The van der Waals surface area contributed by atoms with Crippen molar-refractivity contribution in [2.24, 2.45) is 0 Å². The summed E-state index contributed by atoms with van der Waals surface area (Å²) in [7, 11) is 0. The van der Waals surface area contributed by atoms with Gasteiger partial charge in [0.1, 0.15) is 18.5 Å². The van der Waals surface area contributed by atoms with Crippen LogP contribution in [0.25, 0.3) is 11.3 Å². The first-order valence-electron chi connectivity index (χ1n) is 7.40. The van der Waals surface area contributed by atoms with Crippen LogP contribution in [0.1, 0.15) is 31.7 Å². The molecule has 0 N–H and O–H groups in total. The number of aromatic nitrogens is 3. The molecule has 5 nitrogen and oxygen atoms in total. The van der Waals surface area contributed by atoms with E-state index in [-0.39, 0.29) is 6.10 Å². The highest BCUT2D eigenvalue weighted by Crippen LogP contribution is 2.21. The van der Waals surface area contributed by atoms with E-state index in [0.717, 1.165) is 17.1 Å². The summed E-state index contributed by atoms with van der Waals surface area (Å²) in [5.41, 5.74) is 1.02. The lowest BCUT2D eigenvalue weighted by molar-refractivity contribution is 0.0675. The molecule has 0 bridgehead atoms. The number of hydrogen-bond donors (Lipinski definition) is 0. The molecule has 1 atom stereocenters. The van der Waals surface area contributed by atoms with Gasteiger partial charge in [0.2, 0.25) is 5.89 Å². The largest absolute Gasteiger partial charge is 0.439 e. The highest BCUT2D eigenvalue weighted by molar-refractivity contribution is 5.55. The number of oxazole rings is 1. The maximum Gasteiger partial charge on any atom is 0.214 e. The van der Waals surface area contributed by atoms with E-state index >= 15 is 0 Å². The van der Waals surface area contributed by atoms with Crippen LogP contribution in [0.15, 0.2) is 53.3 Å². The maximum atomic E-state index is 5.84. The number of ether oxygens (including phenoxy) is 1. The minimum atomic E-state index is -0.0523. The predicted molar refractivity (Wildman–Crippen MR) is 83.3 cm³/mol.